The van der Waals surface area contributed by atoms with E-state index in [4.69, 9.17) is 4.74 Å². The largest absolute Gasteiger partial charge is 0.507 e. The van der Waals surface area contributed by atoms with Crippen molar-refractivity contribution in [3.8, 4) is 5.75 Å². The maximum atomic E-state index is 11.9. The van der Waals surface area contributed by atoms with Gasteiger partial charge in [-0.1, -0.05) is 12.1 Å². The van der Waals surface area contributed by atoms with E-state index in [1.165, 1.54) is 6.07 Å². The first kappa shape index (κ1) is 10.1. The van der Waals surface area contributed by atoms with E-state index < -0.39 is 6.10 Å². The second-order valence-electron chi connectivity index (χ2n) is 3.44. The molecule has 1 fully saturated rings. The van der Waals surface area contributed by atoms with Gasteiger partial charge in [-0.05, 0) is 12.1 Å². The Morgan fingerprint density at radius 1 is 1.47 bits per heavy atom. The molecule has 1 aliphatic rings. The van der Waals surface area contributed by atoms with E-state index in [1.807, 2.05) is 0 Å². The number of aromatic hydroxyl groups is 1. The zero-order valence-electron chi connectivity index (χ0n) is 8.27. The van der Waals surface area contributed by atoms with Crippen molar-refractivity contribution in [1.29, 1.82) is 0 Å². The van der Waals surface area contributed by atoms with Gasteiger partial charge in [0, 0.05) is 13.1 Å². The minimum atomic E-state index is -0.480. The molecule has 1 unspecified atom stereocenters. The summed E-state index contributed by atoms with van der Waals surface area (Å²) in [7, 11) is 0. The first-order valence-electron chi connectivity index (χ1n) is 4.93. The Hall–Kier alpha value is -1.39. The molecule has 0 saturated carbocycles. The summed E-state index contributed by atoms with van der Waals surface area (Å²) in [4.78, 5) is 11.9. The van der Waals surface area contributed by atoms with Crippen LogP contribution in [0.5, 0.6) is 5.75 Å². The monoisotopic (exact) mass is 207 g/mol. The Balaban J connectivity index is 2.16. The highest BCUT2D eigenvalue weighted by Gasteiger charge is 2.24. The fourth-order valence-corrected chi connectivity index (χ4v) is 1.59. The van der Waals surface area contributed by atoms with Crippen molar-refractivity contribution < 1.29 is 14.6 Å². The molecule has 0 aliphatic carbocycles. The summed E-state index contributed by atoms with van der Waals surface area (Å²) in [6, 6.07) is 6.52. The summed E-state index contributed by atoms with van der Waals surface area (Å²) in [5, 5.41) is 12.6. The van der Waals surface area contributed by atoms with Crippen molar-refractivity contribution in [3.63, 3.8) is 0 Å². The van der Waals surface area contributed by atoms with Crippen LogP contribution in [-0.2, 0) is 4.74 Å². The van der Waals surface area contributed by atoms with Crippen molar-refractivity contribution >= 4 is 5.78 Å². The highest BCUT2D eigenvalue weighted by atomic mass is 16.5. The smallest absolute Gasteiger partial charge is 0.196 e. The molecule has 1 aromatic carbocycles. The third-order valence-corrected chi connectivity index (χ3v) is 2.39. The van der Waals surface area contributed by atoms with E-state index in [0.717, 1.165) is 6.54 Å². The summed E-state index contributed by atoms with van der Waals surface area (Å²) in [5.41, 5.74) is 0.325. The summed E-state index contributed by atoms with van der Waals surface area (Å²) in [5.74, 6) is -0.156. The van der Waals surface area contributed by atoms with Gasteiger partial charge in [-0.25, -0.2) is 0 Å². The number of rotatable bonds is 2. The van der Waals surface area contributed by atoms with Gasteiger partial charge in [0.25, 0.3) is 0 Å². The number of carbonyl (C=O) groups is 1. The van der Waals surface area contributed by atoms with Crippen LogP contribution in [0.4, 0.5) is 0 Å². The van der Waals surface area contributed by atoms with E-state index >= 15 is 0 Å². The van der Waals surface area contributed by atoms with Crippen LogP contribution in [0.25, 0.3) is 0 Å². The molecule has 0 amide bonds. The second-order valence-corrected chi connectivity index (χ2v) is 3.44. The van der Waals surface area contributed by atoms with Crippen LogP contribution in [0.2, 0.25) is 0 Å². The van der Waals surface area contributed by atoms with Gasteiger partial charge in [0.1, 0.15) is 11.9 Å². The predicted molar refractivity (Wildman–Crippen MR) is 55.0 cm³/mol. The number of hydrogen-bond donors (Lipinski definition) is 2. The number of ketones is 1. The van der Waals surface area contributed by atoms with Gasteiger partial charge in [0.15, 0.2) is 5.78 Å². The molecule has 1 heterocycles. The SMILES string of the molecule is O=C(c1ccccc1O)C1CNCCO1. The molecule has 1 saturated heterocycles. The fraction of sp³-hybridized carbons (Fsp3) is 0.364. The molecule has 1 aromatic rings. The number of benzene rings is 1. The van der Waals surface area contributed by atoms with Gasteiger partial charge >= 0.3 is 0 Å². The topological polar surface area (TPSA) is 58.6 Å². The van der Waals surface area contributed by atoms with Crippen LogP contribution >= 0.6 is 0 Å². The van der Waals surface area contributed by atoms with Gasteiger partial charge in [-0.3, -0.25) is 4.79 Å². The van der Waals surface area contributed by atoms with Gasteiger partial charge in [-0.15, -0.1) is 0 Å². The number of Topliss-reactive ketones (excluding diaryl/α,β-unsaturated/α-hetero) is 1. The number of phenols is 1. The lowest BCUT2D eigenvalue weighted by Gasteiger charge is -2.22. The van der Waals surface area contributed by atoms with E-state index in [-0.39, 0.29) is 11.5 Å². The quantitative estimate of drug-likeness (QED) is 0.696. The highest BCUT2D eigenvalue weighted by molar-refractivity contribution is 6.01. The lowest BCUT2D eigenvalue weighted by Crippen LogP contribution is -2.43. The lowest BCUT2D eigenvalue weighted by molar-refractivity contribution is 0.0267. The molecule has 0 spiro atoms. The van der Waals surface area contributed by atoms with Crippen LogP contribution in [0.15, 0.2) is 24.3 Å². The molecule has 4 heteroatoms. The summed E-state index contributed by atoms with van der Waals surface area (Å²) >= 11 is 0. The second kappa shape index (κ2) is 4.42. The Labute approximate surface area is 87.9 Å². The maximum absolute atomic E-state index is 11.9. The molecule has 0 bridgehead atoms. The molecule has 4 nitrogen and oxygen atoms in total. The Morgan fingerprint density at radius 2 is 2.27 bits per heavy atom. The third-order valence-electron chi connectivity index (χ3n) is 2.39. The first-order chi connectivity index (χ1) is 7.29. The molecule has 1 atom stereocenters. The van der Waals surface area contributed by atoms with E-state index in [9.17, 15) is 9.90 Å². The standard InChI is InChI=1S/C11H13NO3/c13-9-4-2-1-3-8(9)11(14)10-7-12-5-6-15-10/h1-4,10,12-13H,5-7H2. The van der Waals surface area contributed by atoms with E-state index in [2.05, 4.69) is 5.32 Å². The molecular formula is C11H13NO3. The van der Waals surface area contributed by atoms with Gasteiger partial charge in [0.05, 0.1) is 12.2 Å². The molecule has 0 aromatic heterocycles. The minimum Gasteiger partial charge on any atom is -0.507 e. The van der Waals surface area contributed by atoms with Crippen LogP contribution < -0.4 is 5.32 Å². The number of carbonyl (C=O) groups excluding carboxylic acids is 1. The summed E-state index contributed by atoms with van der Waals surface area (Å²) < 4.78 is 5.33. The Morgan fingerprint density at radius 3 is 2.93 bits per heavy atom. The van der Waals surface area contributed by atoms with Crippen LogP contribution in [0.1, 0.15) is 10.4 Å². The van der Waals surface area contributed by atoms with Crippen molar-refractivity contribution in [2.45, 2.75) is 6.10 Å². The molecule has 2 rings (SSSR count). The maximum Gasteiger partial charge on any atom is 0.196 e. The molecular weight excluding hydrogens is 194 g/mol. The summed E-state index contributed by atoms with van der Waals surface area (Å²) in [6.07, 6.45) is -0.480. The number of hydrogen-bond acceptors (Lipinski definition) is 4. The van der Waals surface area contributed by atoms with Crippen molar-refractivity contribution in [2.24, 2.45) is 0 Å². The van der Waals surface area contributed by atoms with Crippen LogP contribution in [0, 0.1) is 0 Å². The van der Waals surface area contributed by atoms with Crippen molar-refractivity contribution in [2.75, 3.05) is 19.7 Å². The lowest BCUT2D eigenvalue weighted by atomic mass is 10.0. The van der Waals surface area contributed by atoms with Crippen LogP contribution in [-0.4, -0.2) is 36.7 Å². The minimum absolute atomic E-state index is 0.0108. The zero-order valence-corrected chi connectivity index (χ0v) is 8.27. The van der Waals surface area contributed by atoms with Crippen molar-refractivity contribution in [1.82, 2.24) is 5.32 Å². The number of para-hydroxylation sites is 1. The molecule has 0 radical (unpaired) electrons. The Kier molecular flexibility index (Phi) is 2.99. The van der Waals surface area contributed by atoms with Gasteiger partial charge in [-0.2, -0.15) is 0 Å². The van der Waals surface area contributed by atoms with Crippen LogP contribution in [0.3, 0.4) is 0 Å². The average Bonchev–Trinajstić information content (AvgIpc) is 2.30. The zero-order chi connectivity index (χ0) is 10.7. The van der Waals surface area contributed by atoms with Gasteiger partial charge in [0.2, 0.25) is 0 Å². The average molecular weight is 207 g/mol. The number of phenolic OH excluding ortho intramolecular Hbond substituents is 1. The predicted octanol–water partition coefficient (Wildman–Crippen LogP) is 0.563. The number of ether oxygens (including phenoxy) is 1. The molecule has 2 N–H and O–H groups in total. The van der Waals surface area contributed by atoms with Crippen molar-refractivity contribution in [3.05, 3.63) is 29.8 Å². The third kappa shape index (κ3) is 2.16. The first-order valence-corrected chi connectivity index (χ1v) is 4.93. The number of nitrogens with one attached hydrogen (secondary N) is 1. The van der Waals surface area contributed by atoms with E-state index in [1.54, 1.807) is 18.2 Å². The molecule has 15 heavy (non-hydrogen) atoms. The van der Waals surface area contributed by atoms with E-state index in [0.29, 0.717) is 18.7 Å². The molecule has 1 aliphatic heterocycles. The fourth-order valence-electron chi connectivity index (χ4n) is 1.59. The normalized spacial score (nSPS) is 21.2. The highest BCUT2D eigenvalue weighted by Crippen LogP contribution is 2.18. The summed E-state index contributed by atoms with van der Waals surface area (Å²) in [6.45, 7) is 1.81. The number of morpholine rings is 1. The van der Waals surface area contributed by atoms with Gasteiger partial charge < -0.3 is 15.2 Å². The Bertz CT molecular complexity index is 359. The molecule has 80 valence electrons.